The molecule has 1 amide bonds. The molecule has 1 aromatic heterocycles. The zero-order valence-corrected chi connectivity index (χ0v) is 9.40. The van der Waals surface area contributed by atoms with E-state index < -0.39 is 5.54 Å². The van der Waals surface area contributed by atoms with E-state index in [1.54, 1.807) is 0 Å². The number of nitrogen functional groups attached to an aromatic ring is 1. The number of nitrogens with one attached hydrogen (secondary N) is 2. The van der Waals surface area contributed by atoms with E-state index in [-0.39, 0.29) is 18.2 Å². The van der Waals surface area contributed by atoms with E-state index in [1.165, 1.54) is 6.20 Å². The summed E-state index contributed by atoms with van der Waals surface area (Å²) in [5.74, 6) is -0.351. The molecule has 0 spiro atoms. The molecule has 0 aliphatic carbocycles. The van der Waals surface area contributed by atoms with Crippen LogP contribution in [-0.2, 0) is 4.74 Å². The predicted molar refractivity (Wildman–Crippen MR) is 60.3 cm³/mol. The molecule has 2 rings (SSSR count). The first kappa shape index (κ1) is 11.9. The maximum atomic E-state index is 11.9. The van der Waals surface area contributed by atoms with Crippen LogP contribution in [0.3, 0.4) is 0 Å². The van der Waals surface area contributed by atoms with Crippen LogP contribution in [0.15, 0.2) is 6.20 Å². The van der Waals surface area contributed by atoms with Crippen molar-refractivity contribution in [3.05, 3.63) is 11.9 Å². The molecule has 7 heteroatoms. The van der Waals surface area contributed by atoms with Crippen LogP contribution in [0.4, 0.5) is 5.69 Å². The van der Waals surface area contributed by atoms with Crippen LogP contribution in [0, 0.1) is 0 Å². The summed E-state index contributed by atoms with van der Waals surface area (Å²) in [6.45, 7) is 0.939. The van der Waals surface area contributed by atoms with Crippen molar-refractivity contribution in [2.75, 3.05) is 25.6 Å². The Morgan fingerprint density at radius 2 is 2.35 bits per heavy atom. The maximum absolute atomic E-state index is 11.9. The Morgan fingerprint density at radius 1 is 1.65 bits per heavy atom. The van der Waals surface area contributed by atoms with Crippen LogP contribution in [0.2, 0.25) is 0 Å². The van der Waals surface area contributed by atoms with Gasteiger partial charge in [-0.15, -0.1) is 0 Å². The molecule has 0 saturated carbocycles. The number of H-pyrrole nitrogens is 1. The predicted octanol–water partition coefficient (Wildman–Crippen LogP) is -0.737. The zero-order valence-electron chi connectivity index (χ0n) is 9.40. The summed E-state index contributed by atoms with van der Waals surface area (Å²) in [6.07, 6.45) is 2.55. The highest BCUT2D eigenvalue weighted by Crippen LogP contribution is 2.21. The number of aliphatic hydroxyl groups excluding tert-OH is 1. The van der Waals surface area contributed by atoms with Crippen molar-refractivity contribution in [3.8, 4) is 0 Å². The quantitative estimate of drug-likeness (QED) is 0.556. The number of aliphatic hydroxyl groups is 1. The van der Waals surface area contributed by atoms with Crippen molar-refractivity contribution in [1.29, 1.82) is 0 Å². The molecule has 17 heavy (non-hydrogen) atoms. The van der Waals surface area contributed by atoms with Crippen molar-refractivity contribution in [2.24, 2.45) is 0 Å². The molecule has 2 heterocycles. The fourth-order valence-corrected chi connectivity index (χ4v) is 1.87. The lowest BCUT2D eigenvalue weighted by Crippen LogP contribution is -2.54. The fourth-order valence-electron chi connectivity index (χ4n) is 1.87. The minimum atomic E-state index is -0.618. The number of anilines is 1. The molecule has 94 valence electrons. The molecule has 0 unspecified atom stereocenters. The zero-order chi connectivity index (χ0) is 12.3. The Labute approximate surface area is 98.3 Å². The molecule has 5 N–H and O–H groups in total. The van der Waals surface area contributed by atoms with Crippen LogP contribution in [-0.4, -0.2) is 46.6 Å². The van der Waals surface area contributed by atoms with Gasteiger partial charge in [-0.2, -0.15) is 5.10 Å². The number of aromatic amines is 1. The number of nitrogens with zero attached hydrogens (tertiary/aromatic N) is 1. The van der Waals surface area contributed by atoms with Gasteiger partial charge in [-0.25, -0.2) is 0 Å². The highest BCUT2D eigenvalue weighted by molar-refractivity contribution is 5.97. The summed E-state index contributed by atoms with van der Waals surface area (Å²) in [5, 5.41) is 18.5. The van der Waals surface area contributed by atoms with Gasteiger partial charge < -0.3 is 20.9 Å². The third kappa shape index (κ3) is 2.40. The molecular formula is C10H16N4O3. The fraction of sp³-hybridized carbons (Fsp3) is 0.600. The minimum absolute atomic E-state index is 0.115. The molecule has 1 fully saturated rings. The van der Waals surface area contributed by atoms with Gasteiger partial charge in [0.2, 0.25) is 0 Å². The minimum Gasteiger partial charge on any atom is -0.396 e. The second kappa shape index (κ2) is 4.72. The Morgan fingerprint density at radius 3 is 2.88 bits per heavy atom. The monoisotopic (exact) mass is 240 g/mol. The molecule has 0 aromatic carbocycles. The lowest BCUT2D eigenvalue weighted by molar-refractivity contribution is 0.0124. The summed E-state index contributed by atoms with van der Waals surface area (Å²) in [4.78, 5) is 11.9. The van der Waals surface area contributed by atoms with Gasteiger partial charge in [0.1, 0.15) is 5.69 Å². The van der Waals surface area contributed by atoms with Crippen LogP contribution in [0.1, 0.15) is 23.3 Å². The van der Waals surface area contributed by atoms with E-state index in [1.807, 2.05) is 0 Å². The standard InChI is InChI=1S/C10H16N4O3/c11-7-5-12-14-8(7)9(16)13-10(6-15)1-3-17-4-2-10/h5,15H,1-4,6,11H2,(H,12,14)(H,13,16). The Bertz CT molecular complexity index is 398. The molecule has 0 atom stereocenters. The number of nitrogens with two attached hydrogens (primary N) is 1. The first-order valence-corrected chi connectivity index (χ1v) is 5.47. The highest BCUT2D eigenvalue weighted by Gasteiger charge is 2.34. The third-order valence-electron chi connectivity index (χ3n) is 3.03. The van der Waals surface area contributed by atoms with Crippen LogP contribution in [0.25, 0.3) is 0 Å². The number of aromatic nitrogens is 2. The number of carbonyl (C=O) groups is 1. The summed E-state index contributed by atoms with van der Waals surface area (Å²) >= 11 is 0. The van der Waals surface area contributed by atoms with Crippen LogP contribution < -0.4 is 11.1 Å². The van der Waals surface area contributed by atoms with E-state index in [0.717, 1.165) is 0 Å². The van der Waals surface area contributed by atoms with Gasteiger partial charge in [-0.05, 0) is 12.8 Å². The van der Waals surface area contributed by atoms with Crippen LogP contribution in [0.5, 0.6) is 0 Å². The smallest absolute Gasteiger partial charge is 0.271 e. The van der Waals surface area contributed by atoms with E-state index in [0.29, 0.717) is 31.7 Å². The molecule has 1 aromatic rings. The van der Waals surface area contributed by atoms with E-state index in [4.69, 9.17) is 10.5 Å². The summed E-state index contributed by atoms with van der Waals surface area (Å²) < 4.78 is 5.22. The average Bonchev–Trinajstić information content (AvgIpc) is 2.77. The second-order valence-electron chi connectivity index (χ2n) is 4.21. The van der Waals surface area contributed by atoms with Crippen molar-refractivity contribution >= 4 is 11.6 Å². The number of hydrogen-bond acceptors (Lipinski definition) is 5. The van der Waals surface area contributed by atoms with Crippen molar-refractivity contribution in [1.82, 2.24) is 15.5 Å². The highest BCUT2D eigenvalue weighted by atomic mass is 16.5. The number of rotatable bonds is 3. The van der Waals surface area contributed by atoms with Gasteiger partial charge in [-0.1, -0.05) is 0 Å². The Balaban J connectivity index is 2.08. The molecule has 1 aliphatic rings. The summed E-state index contributed by atoms with van der Waals surface area (Å²) in [6, 6.07) is 0. The van der Waals surface area contributed by atoms with Gasteiger partial charge in [0.15, 0.2) is 0 Å². The van der Waals surface area contributed by atoms with Gasteiger partial charge in [0, 0.05) is 13.2 Å². The number of carbonyl (C=O) groups excluding carboxylic acids is 1. The number of amides is 1. The van der Waals surface area contributed by atoms with Crippen molar-refractivity contribution < 1.29 is 14.6 Å². The first-order valence-electron chi connectivity index (χ1n) is 5.47. The van der Waals surface area contributed by atoms with E-state index >= 15 is 0 Å². The molecule has 0 radical (unpaired) electrons. The molecule has 0 bridgehead atoms. The number of hydrogen-bond donors (Lipinski definition) is 4. The summed E-state index contributed by atoms with van der Waals surface area (Å²) in [7, 11) is 0. The number of ether oxygens (including phenoxy) is 1. The Hall–Kier alpha value is -1.60. The Kier molecular flexibility index (Phi) is 3.30. The molecule has 1 aliphatic heterocycles. The second-order valence-corrected chi connectivity index (χ2v) is 4.21. The maximum Gasteiger partial charge on any atom is 0.271 e. The van der Waals surface area contributed by atoms with Crippen LogP contribution >= 0.6 is 0 Å². The van der Waals surface area contributed by atoms with Gasteiger partial charge in [0.25, 0.3) is 5.91 Å². The molecule has 1 saturated heterocycles. The largest absolute Gasteiger partial charge is 0.396 e. The molecule has 7 nitrogen and oxygen atoms in total. The molecular weight excluding hydrogens is 224 g/mol. The van der Waals surface area contributed by atoms with Gasteiger partial charge >= 0.3 is 0 Å². The van der Waals surface area contributed by atoms with Gasteiger partial charge in [-0.3, -0.25) is 9.89 Å². The first-order chi connectivity index (χ1) is 8.17. The SMILES string of the molecule is Nc1cn[nH]c1C(=O)NC1(CO)CCOCC1. The normalized spacial score (nSPS) is 18.9. The average molecular weight is 240 g/mol. The van der Waals surface area contributed by atoms with E-state index in [9.17, 15) is 9.90 Å². The van der Waals surface area contributed by atoms with Crippen molar-refractivity contribution in [3.63, 3.8) is 0 Å². The van der Waals surface area contributed by atoms with Crippen molar-refractivity contribution in [2.45, 2.75) is 18.4 Å². The lowest BCUT2D eigenvalue weighted by atomic mass is 9.91. The van der Waals surface area contributed by atoms with E-state index in [2.05, 4.69) is 15.5 Å². The topological polar surface area (TPSA) is 113 Å². The summed E-state index contributed by atoms with van der Waals surface area (Å²) in [5.41, 5.74) is 5.49. The third-order valence-corrected chi connectivity index (χ3v) is 3.03. The lowest BCUT2D eigenvalue weighted by Gasteiger charge is -2.36. The van der Waals surface area contributed by atoms with Gasteiger partial charge in [0.05, 0.1) is 24.0 Å².